The normalized spacial score (nSPS) is 16.5. The van der Waals surface area contributed by atoms with Crippen LogP contribution in [0.15, 0.2) is 71.6 Å². The lowest BCUT2D eigenvalue weighted by Gasteiger charge is -2.39. The smallest absolute Gasteiger partial charge is 0.264 e. The van der Waals surface area contributed by atoms with Crippen LogP contribution in [-0.4, -0.2) is 39.2 Å². The maximum atomic E-state index is 13.8. The molecule has 0 bridgehead atoms. The van der Waals surface area contributed by atoms with Crippen LogP contribution < -0.4 is 13.8 Å². The molecule has 0 unspecified atom stereocenters. The summed E-state index contributed by atoms with van der Waals surface area (Å²) in [5, 5.41) is 0.475. The van der Waals surface area contributed by atoms with Gasteiger partial charge in [0.15, 0.2) is 11.5 Å². The molecule has 5 rings (SSSR count). The lowest BCUT2D eigenvalue weighted by Crippen LogP contribution is -2.47. The van der Waals surface area contributed by atoms with Gasteiger partial charge in [0.2, 0.25) is 6.79 Å². The molecular weight excluding hydrogens is 479 g/mol. The molecule has 2 heterocycles. The van der Waals surface area contributed by atoms with Crippen molar-refractivity contribution in [3.8, 4) is 11.5 Å². The predicted molar refractivity (Wildman–Crippen MR) is 128 cm³/mol. The number of piperidine rings is 1. The SMILES string of the molecule is O=S(=O)(c1ccc(Cl)cc1)N(c1ccc2c(c1)OCO2)C1CCN(Cc2ccc(F)cc2)CC1. The highest BCUT2D eigenvalue weighted by molar-refractivity contribution is 7.92. The number of sulfonamides is 1. The van der Waals surface area contributed by atoms with Crippen molar-refractivity contribution < 1.29 is 22.3 Å². The summed E-state index contributed by atoms with van der Waals surface area (Å²) in [6.45, 7) is 2.25. The first-order chi connectivity index (χ1) is 16.4. The van der Waals surface area contributed by atoms with Crippen LogP contribution in [-0.2, 0) is 16.6 Å². The van der Waals surface area contributed by atoms with E-state index < -0.39 is 10.0 Å². The number of fused-ring (bicyclic) bond motifs is 1. The van der Waals surface area contributed by atoms with E-state index in [1.54, 1.807) is 42.5 Å². The number of anilines is 1. The molecule has 2 aliphatic rings. The van der Waals surface area contributed by atoms with E-state index >= 15 is 0 Å². The average Bonchev–Trinajstić information content (AvgIpc) is 3.30. The molecule has 0 N–H and O–H groups in total. The van der Waals surface area contributed by atoms with Gasteiger partial charge in [0.25, 0.3) is 10.0 Å². The van der Waals surface area contributed by atoms with E-state index in [9.17, 15) is 12.8 Å². The second-order valence-electron chi connectivity index (χ2n) is 8.43. The van der Waals surface area contributed by atoms with Crippen LogP contribution in [0.3, 0.4) is 0 Å². The number of likely N-dealkylation sites (tertiary alicyclic amines) is 1. The maximum Gasteiger partial charge on any atom is 0.264 e. The zero-order valence-corrected chi connectivity index (χ0v) is 19.9. The Morgan fingerprint density at radius 1 is 0.941 bits per heavy atom. The summed E-state index contributed by atoms with van der Waals surface area (Å²) in [5.74, 6) is 0.874. The number of hydrogen-bond acceptors (Lipinski definition) is 5. The van der Waals surface area contributed by atoms with Crippen LogP contribution in [0.1, 0.15) is 18.4 Å². The Bertz CT molecular complexity index is 1260. The minimum absolute atomic E-state index is 0.116. The van der Waals surface area contributed by atoms with Gasteiger partial charge >= 0.3 is 0 Å². The summed E-state index contributed by atoms with van der Waals surface area (Å²) < 4.78 is 53.3. The lowest BCUT2D eigenvalue weighted by atomic mass is 10.0. The highest BCUT2D eigenvalue weighted by atomic mass is 35.5. The molecule has 0 spiro atoms. The summed E-state index contributed by atoms with van der Waals surface area (Å²) in [7, 11) is -3.85. The van der Waals surface area contributed by atoms with Crippen LogP contribution in [0.2, 0.25) is 5.02 Å². The molecule has 3 aromatic rings. The summed E-state index contributed by atoms with van der Waals surface area (Å²) in [6, 6.07) is 17.7. The molecule has 0 saturated carbocycles. The molecule has 6 nitrogen and oxygen atoms in total. The quantitative estimate of drug-likeness (QED) is 0.471. The number of ether oxygens (including phenoxy) is 2. The van der Waals surface area contributed by atoms with Crippen molar-refractivity contribution >= 4 is 27.3 Å². The van der Waals surface area contributed by atoms with E-state index in [2.05, 4.69) is 4.90 Å². The highest BCUT2D eigenvalue weighted by Gasteiger charge is 2.35. The molecule has 0 radical (unpaired) electrons. The first-order valence-electron chi connectivity index (χ1n) is 11.1. The van der Waals surface area contributed by atoms with Crippen molar-refractivity contribution in [3.63, 3.8) is 0 Å². The summed E-state index contributed by atoms with van der Waals surface area (Å²) in [5.41, 5.74) is 1.57. The Morgan fingerprint density at radius 2 is 1.62 bits per heavy atom. The number of hydrogen-bond donors (Lipinski definition) is 0. The molecular formula is C25H24ClFN2O4S. The molecule has 0 aromatic heterocycles. The fourth-order valence-corrected chi connectivity index (χ4v) is 6.28. The van der Waals surface area contributed by atoms with E-state index in [0.29, 0.717) is 41.6 Å². The third-order valence-electron chi connectivity index (χ3n) is 6.19. The monoisotopic (exact) mass is 502 g/mol. The van der Waals surface area contributed by atoms with Gasteiger partial charge in [0, 0.05) is 36.8 Å². The van der Waals surface area contributed by atoms with E-state index in [4.69, 9.17) is 21.1 Å². The molecule has 3 aromatic carbocycles. The number of halogens is 2. The van der Waals surface area contributed by atoms with Crippen LogP contribution in [0.25, 0.3) is 0 Å². The molecule has 0 atom stereocenters. The van der Waals surface area contributed by atoms with Crippen LogP contribution in [0.5, 0.6) is 11.5 Å². The van der Waals surface area contributed by atoms with Gasteiger partial charge in [-0.2, -0.15) is 0 Å². The highest BCUT2D eigenvalue weighted by Crippen LogP contribution is 2.39. The zero-order valence-electron chi connectivity index (χ0n) is 18.4. The molecule has 2 aliphatic heterocycles. The third-order valence-corrected chi connectivity index (χ3v) is 8.34. The van der Waals surface area contributed by atoms with Crippen LogP contribution >= 0.6 is 11.6 Å². The van der Waals surface area contributed by atoms with Crippen molar-refractivity contribution in [2.75, 3.05) is 24.2 Å². The maximum absolute atomic E-state index is 13.8. The summed E-state index contributed by atoms with van der Waals surface area (Å²) in [6.07, 6.45) is 1.31. The van der Waals surface area contributed by atoms with Gasteiger partial charge in [-0.1, -0.05) is 23.7 Å². The predicted octanol–water partition coefficient (Wildman–Crippen LogP) is 5.07. The Balaban J connectivity index is 1.41. The molecule has 34 heavy (non-hydrogen) atoms. The number of nitrogens with zero attached hydrogens (tertiary/aromatic N) is 2. The minimum atomic E-state index is -3.85. The van der Waals surface area contributed by atoms with Crippen molar-refractivity contribution in [1.29, 1.82) is 0 Å². The Kier molecular flexibility index (Phi) is 6.38. The Labute approximate surface area is 203 Å². The van der Waals surface area contributed by atoms with Gasteiger partial charge in [0.05, 0.1) is 10.6 Å². The molecule has 0 amide bonds. The molecule has 1 saturated heterocycles. The lowest BCUT2D eigenvalue weighted by molar-refractivity contribution is 0.174. The van der Waals surface area contributed by atoms with Crippen molar-refractivity contribution in [1.82, 2.24) is 4.90 Å². The second-order valence-corrected chi connectivity index (χ2v) is 10.7. The molecule has 1 fully saturated rings. The van der Waals surface area contributed by atoms with Gasteiger partial charge < -0.3 is 9.47 Å². The van der Waals surface area contributed by atoms with E-state index in [1.165, 1.54) is 28.6 Å². The van der Waals surface area contributed by atoms with Crippen molar-refractivity contribution in [3.05, 3.63) is 83.1 Å². The first kappa shape index (κ1) is 23.0. The van der Waals surface area contributed by atoms with Crippen LogP contribution in [0, 0.1) is 5.82 Å². The minimum Gasteiger partial charge on any atom is -0.454 e. The van der Waals surface area contributed by atoms with Gasteiger partial charge in [-0.15, -0.1) is 0 Å². The largest absolute Gasteiger partial charge is 0.454 e. The second kappa shape index (κ2) is 9.44. The average molecular weight is 503 g/mol. The zero-order chi connectivity index (χ0) is 23.7. The van der Waals surface area contributed by atoms with E-state index in [1.807, 2.05) is 0 Å². The summed E-state index contributed by atoms with van der Waals surface area (Å²) >= 11 is 6.00. The third kappa shape index (κ3) is 4.71. The topological polar surface area (TPSA) is 59.1 Å². The van der Waals surface area contributed by atoms with Crippen molar-refractivity contribution in [2.24, 2.45) is 0 Å². The fourth-order valence-electron chi connectivity index (χ4n) is 4.45. The number of rotatable bonds is 6. The number of benzene rings is 3. The molecule has 178 valence electrons. The summed E-state index contributed by atoms with van der Waals surface area (Å²) in [4.78, 5) is 2.44. The van der Waals surface area contributed by atoms with Gasteiger partial charge in [-0.25, -0.2) is 12.8 Å². The van der Waals surface area contributed by atoms with E-state index in [-0.39, 0.29) is 23.5 Å². The Morgan fingerprint density at radius 3 is 2.32 bits per heavy atom. The van der Waals surface area contributed by atoms with E-state index in [0.717, 1.165) is 18.7 Å². The fraction of sp³-hybridized carbons (Fsp3) is 0.280. The molecule has 0 aliphatic carbocycles. The Hall–Kier alpha value is -2.81. The van der Waals surface area contributed by atoms with Gasteiger partial charge in [0.1, 0.15) is 5.82 Å². The standard InChI is InChI=1S/C25H24ClFN2O4S/c26-19-3-8-23(9-4-19)34(30,31)29(22-7-10-24-25(15-22)33-17-32-24)21-11-13-28(14-12-21)16-18-1-5-20(27)6-2-18/h1-10,15,21H,11-14,16-17H2. The van der Waals surface area contributed by atoms with Gasteiger partial charge in [-0.3, -0.25) is 9.21 Å². The van der Waals surface area contributed by atoms with Crippen molar-refractivity contribution in [2.45, 2.75) is 30.3 Å². The first-order valence-corrected chi connectivity index (χ1v) is 12.9. The van der Waals surface area contributed by atoms with Crippen LogP contribution in [0.4, 0.5) is 10.1 Å². The molecule has 9 heteroatoms. The van der Waals surface area contributed by atoms with Gasteiger partial charge in [-0.05, 0) is 66.9 Å².